The van der Waals surface area contributed by atoms with Crippen LogP contribution in [0.4, 0.5) is 5.69 Å². The monoisotopic (exact) mass is 431 g/mol. The van der Waals surface area contributed by atoms with Gasteiger partial charge in [-0.15, -0.1) is 0 Å². The number of halogens is 1. The van der Waals surface area contributed by atoms with E-state index in [1.807, 2.05) is 42.6 Å². The Morgan fingerprint density at radius 3 is 2.19 bits per heavy atom. The SMILES string of the molecule is COc1ccc(CN(C)Cc2ccc(CNc3ccnc4cc(Cl)ccc34)cc2)cc1. The van der Waals surface area contributed by atoms with Gasteiger partial charge in [-0.05, 0) is 60.1 Å². The number of pyridine rings is 1. The van der Waals surface area contributed by atoms with E-state index in [2.05, 4.69) is 58.6 Å². The molecule has 0 aliphatic rings. The summed E-state index contributed by atoms with van der Waals surface area (Å²) in [6.45, 7) is 2.55. The van der Waals surface area contributed by atoms with Crippen LogP contribution in [0.2, 0.25) is 5.02 Å². The highest BCUT2D eigenvalue weighted by atomic mass is 35.5. The predicted molar refractivity (Wildman–Crippen MR) is 129 cm³/mol. The summed E-state index contributed by atoms with van der Waals surface area (Å²) in [5, 5.41) is 5.29. The first kappa shape index (κ1) is 21.2. The molecule has 3 aromatic carbocycles. The lowest BCUT2D eigenvalue weighted by molar-refractivity contribution is 0.319. The molecule has 31 heavy (non-hydrogen) atoms. The van der Waals surface area contributed by atoms with E-state index in [1.54, 1.807) is 7.11 Å². The molecule has 1 N–H and O–H groups in total. The molecule has 4 aromatic rings. The Bertz CT molecular complexity index is 1140. The number of hydrogen-bond acceptors (Lipinski definition) is 4. The first-order valence-electron chi connectivity index (χ1n) is 10.3. The van der Waals surface area contributed by atoms with Crippen molar-refractivity contribution in [1.29, 1.82) is 0 Å². The van der Waals surface area contributed by atoms with E-state index in [4.69, 9.17) is 16.3 Å². The van der Waals surface area contributed by atoms with E-state index in [-0.39, 0.29) is 0 Å². The van der Waals surface area contributed by atoms with Crippen molar-refractivity contribution in [2.45, 2.75) is 19.6 Å². The van der Waals surface area contributed by atoms with Crippen molar-refractivity contribution < 1.29 is 4.74 Å². The van der Waals surface area contributed by atoms with Crippen LogP contribution in [0.1, 0.15) is 16.7 Å². The number of fused-ring (bicyclic) bond motifs is 1. The zero-order valence-corrected chi connectivity index (χ0v) is 18.6. The molecule has 1 aromatic heterocycles. The third-order valence-electron chi connectivity index (χ3n) is 5.27. The summed E-state index contributed by atoms with van der Waals surface area (Å²) >= 11 is 6.08. The number of nitrogens with zero attached hydrogens (tertiary/aromatic N) is 2. The maximum atomic E-state index is 6.08. The van der Waals surface area contributed by atoms with Crippen molar-refractivity contribution in [3.05, 3.63) is 101 Å². The molecule has 4 nitrogen and oxygen atoms in total. The van der Waals surface area contributed by atoms with Crippen molar-refractivity contribution in [2.24, 2.45) is 0 Å². The maximum absolute atomic E-state index is 6.08. The van der Waals surface area contributed by atoms with Crippen molar-refractivity contribution in [3.63, 3.8) is 0 Å². The Morgan fingerprint density at radius 2 is 1.52 bits per heavy atom. The van der Waals surface area contributed by atoms with Gasteiger partial charge in [-0.2, -0.15) is 0 Å². The summed E-state index contributed by atoms with van der Waals surface area (Å²) in [6.07, 6.45) is 1.81. The number of anilines is 1. The predicted octanol–water partition coefficient (Wildman–Crippen LogP) is 6.14. The zero-order valence-electron chi connectivity index (χ0n) is 17.8. The van der Waals surface area contributed by atoms with Gasteiger partial charge in [0.25, 0.3) is 0 Å². The molecule has 0 bridgehead atoms. The first-order valence-corrected chi connectivity index (χ1v) is 10.7. The summed E-state index contributed by atoms with van der Waals surface area (Å²) in [4.78, 5) is 6.71. The number of ether oxygens (including phenoxy) is 1. The zero-order chi connectivity index (χ0) is 21.6. The smallest absolute Gasteiger partial charge is 0.118 e. The van der Waals surface area contributed by atoms with Gasteiger partial charge < -0.3 is 10.1 Å². The van der Waals surface area contributed by atoms with E-state index in [1.165, 1.54) is 16.7 Å². The van der Waals surface area contributed by atoms with Gasteiger partial charge in [0.15, 0.2) is 0 Å². The first-order chi connectivity index (χ1) is 15.1. The highest BCUT2D eigenvalue weighted by Gasteiger charge is 2.05. The lowest BCUT2D eigenvalue weighted by atomic mass is 10.1. The molecule has 0 saturated heterocycles. The van der Waals surface area contributed by atoms with Crippen molar-refractivity contribution in [3.8, 4) is 5.75 Å². The average molecular weight is 432 g/mol. The van der Waals surface area contributed by atoms with E-state index in [0.29, 0.717) is 5.02 Å². The lowest BCUT2D eigenvalue weighted by Crippen LogP contribution is -2.17. The van der Waals surface area contributed by atoms with Gasteiger partial charge in [-0.3, -0.25) is 9.88 Å². The fraction of sp³-hybridized carbons (Fsp3) is 0.192. The molecule has 1 heterocycles. The van der Waals surface area contributed by atoms with Gasteiger partial charge in [-0.25, -0.2) is 0 Å². The number of hydrogen-bond donors (Lipinski definition) is 1. The lowest BCUT2D eigenvalue weighted by Gasteiger charge is -2.17. The third kappa shape index (κ3) is 5.54. The highest BCUT2D eigenvalue weighted by Crippen LogP contribution is 2.25. The molecular formula is C26H26ClN3O. The van der Waals surface area contributed by atoms with Gasteiger partial charge >= 0.3 is 0 Å². The van der Waals surface area contributed by atoms with Crippen LogP contribution in [0.15, 0.2) is 79.0 Å². The highest BCUT2D eigenvalue weighted by molar-refractivity contribution is 6.31. The van der Waals surface area contributed by atoms with Crippen molar-refractivity contribution in [2.75, 3.05) is 19.5 Å². The van der Waals surface area contributed by atoms with Gasteiger partial charge in [0.2, 0.25) is 0 Å². The van der Waals surface area contributed by atoms with Crippen LogP contribution < -0.4 is 10.1 Å². The second kappa shape index (κ2) is 9.82. The summed E-state index contributed by atoms with van der Waals surface area (Å²) < 4.78 is 5.23. The molecule has 0 aliphatic heterocycles. The minimum Gasteiger partial charge on any atom is -0.497 e. The van der Waals surface area contributed by atoms with Crippen molar-refractivity contribution >= 4 is 28.2 Å². The number of nitrogens with one attached hydrogen (secondary N) is 1. The minimum absolute atomic E-state index is 0.699. The molecule has 5 heteroatoms. The van der Waals surface area contributed by atoms with Crippen LogP contribution in [0.5, 0.6) is 5.75 Å². The molecule has 4 rings (SSSR count). The average Bonchev–Trinajstić information content (AvgIpc) is 2.79. The maximum Gasteiger partial charge on any atom is 0.118 e. The summed E-state index contributed by atoms with van der Waals surface area (Å²) in [5.41, 5.74) is 5.76. The molecule has 0 fully saturated rings. The van der Waals surface area contributed by atoms with Gasteiger partial charge in [0.1, 0.15) is 5.75 Å². The standard InChI is InChI=1S/C26H26ClN3O/c1-30(18-21-7-10-23(31-2)11-8-21)17-20-5-3-19(4-6-20)16-29-25-13-14-28-26-15-22(27)9-12-24(25)26/h3-15H,16-18H2,1-2H3,(H,28,29). The van der Waals surface area contributed by atoms with Crippen LogP contribution in [0, 0.1) is 0 Å². The second-order valence-corrected chi connectivity index (χ2v) is 8.15. The second-order valence-electron chi connectivity index (χ2n) is 7.71. The fourth-order valence-corrected chi connectivity index (χ4v) is 3.81. The molecule has 0 unspecified atom stereocenters. The molecule has 0 amide bonds. The Morgan fingerprint density at radius 1 is 0.871 bits per heavy atom. The molecule has 0 aliphatic carbocycles. The quantitative estimate of drug-likeness (QED) is 0.363. The van der Waals surface area contributed by atoms with Gasteiger partial charge in [0.05, 0.1) is 12.6 Å². The largest absolute Gasteiger partial charge is 0.497 e. The summed E-state index contributed by atoms with van der Waals surface area (Å²) in [6, 6.07) is 24.8. The Labute approximate surface area is 188 Å². The molecule has 158 valence electrons. The molecular weight excluding hydrogens is 406 g/mol. The van der Waals surface area contributed by atoms with Crippen LogP contribution >= 0.6 is 11.6 Å². The minimum atomic E-state index is 0.699. The molecule has 0 atom stereocenters. The summed E-state index contributed by atoms with van der Waals surface area (Å²) in [7, 11) is 3.83. The van der Waals surface area contributed by atoms with Crippen LogP contribution in [0.3, 0.4) is 0 Å². The Balaban J connectivity index is 1.34. The molecule has 0 radical (unpaired) electrons. The Kier molecular flexibility index (Phi) is 6.70. The number of aromatic nitrogens is 1. The van der Waals surface area contributed by atoms with Crippen molar-refractivity contribution in [1.82, 2.24) is 9.88 Å². The fourth-order valence-electron chi connectivity index (χ4n) is 3.65. The van der Waals surface area contributed by atoms with Crippen LogP contribution in [-0.4, -0.2) is 24.0 Å². The normalized spacial score (nSPS) is 11.1. The molecule has 0 spiro atoms. The topological polar surface area (TPSA) is 37.4 Å². The van der Waals surface area contributed by atoms with E-state index < -0.39 is 0 Å². The molecule has 0 saturated carbocycles. The van der Waals surface area contributed by atoms with E-state index >= 15 is 0 Å². The van der Waals surface area contributed by atoms with Gasteiger partial charge in [0, 0.05) is 41.9 Å². The third-order valence-corrected chi connectivity index (χ3v) is 5.51. The number of rotatable bonds is 8. The van der Waals surface area contributed by atoms with Gasteiger partial charge in [-0.1, -0.05) is 48.0 Å². The van der Waals surface area contributed by atoms with Crippen LogP contribution in [0.25, 0.3) is 10.9 Å². The number of benzene rings is 3. The van der Waals surface area contributed by atoms with E-state index in [0.717, 1.165) is 42.0 Å². The van der Waals surface area contributed by atoms with E-state index in [9.17, 15) is 0 Å². The number of methoxy groups -OCH3 is 1. The van der Waals surface area contributed by atoms with Crippen LogP contribution in [-0.2, 0) is 19.6 Å². The summed E-state index contributed by atoms with van der Waals surface area (Å²) in [5.74, 6) is 0.888. The Hall–Kier alpha value is -3.08.